The lowest BCUT2D eigenvalue weighted by Gasteiger charge is -2.18. The normalized spacial score (nSPS) is 12.0. The molecule has 0 amide bonds. The quantitative estimate of drug-likeness (QED) is 0.427. The SMILES string of the molecule is Cc1cccc2c(C#Cc3ccc(C(C)(C)C)cc3)cc(C(F)(F)F)nc12. The first-order valence-corrected chi connectivity index (χ1v) is 8.66. The Hall–Kier alpha value is -2.80. The fraction of sp³-hybridized carbons (Fsp3) is 0.261. The fourth-order valence-electron chi connectivity index (χ4n) is 2.83. The van der Waals surface area contributed by atoms with Gasteiger partial charge in [-0.3, -0.25) is 0 Å². The van der Waals surface area contributed by atoms with Crippen molar-refractivity contribution in [2.45, 2.75) is 39.3 Å². The molecule has 3 rings (SSSR count). The van der Waals surface area contributed by atoms with Gasteiger partial charge in [-0.2, -0.15) is 13.2 Å². The summed E-state index contributed by atoms with van der Waals surface area (Å²) in [5, 5.41) is 0.627. The molecule has 0 fully saturated rings. The molecule has 4 heteroatoms. The van der Waals surface area contributed by atoms with Crippen molar-refractivity contribution < 1.29 is 13.2 Å². The van der Waals surface area contributed by atoms with E-state index in [1.165, 1.54) is 5.56 Å². The van der Waals surface area contributed by atoms with E-state index in [9.17, 15) is 13.2 Å². The maximum Gasteiger partial charge on any atom is 0.433 e. The Morgan fingerprint density at radius 1 is 0.889 bits per heavy atom. The van der Waals surface area contributed by atoms with E-state index < -0.39 is 11.9 Å². The number of aromatic nitrogens is 1. The summed E-state index contributed by atoms with van der Waals surface area (Å²) in [6.45, 7) is 8.12. The molecule has 0 aliphatic carbocycles. The third-order valence-corrected chi connectivity index (χ3v) is 4.42. The first-order valence-electron chi connectivity index (χ1n) is 8.66. The Balaban J connectivity index is 2.10. The molecule has 1 heterocycles. The molecule has 0 aliphatic heterocycles. The highest BCUT2D eigenvalue weighted by atomic mass is 19.4. The predicted molar refractivity (Wildman–Crippen MR) is 103 cm³/mol. The molecule has 3 aromatic rings. The number of fused-ring (bicyclic) bond motifs is 1. The van der Waals surface area contributed by atoms with Crippen LogP contribution in [0.2, 0.25) is 0 Å². The van der Waals surface area contributed by atoms with Crippen molar-refractivity contribution in [3.8, 4) is 11.8 Å². The molecule has 0 N–H and O–H groups in total. The van der Waals surface area contributed by atoms with Crippen LogP contribution in [0.15, 0.2) is 48.5 Å². The highest BCUT2D eigenvalue weighted by molar-refractivity contribution is 5.87. The van der Waals surface area contributed by atoms with Crippen LogP contribution in [0.1, 0.15) is 48.7 Å². The van der Waals surface area contributed by atoms with Crippen LogP contribution in [-0.4, -0.2) is 4.98 Å². The lowest BCUT2D eigenvalue weighted by Crippen LogP contribution is -2.10. The molecule has 0 atom stereocenters. The molecule has 0 aliphatic rings. The lowest BCUT2D eigenvalue weighted by atomic mass is 9.87. The van der Waals surface area contributed by atoms with Crippen molar-refractivity contribution in [1.29, 1.82) is 0 Å². The molecule has 2 aromatic carbocycles. The first kappa shape index (κ1) is 19.0. The van der Waals surface area contributed by atoms with Crippen molar-refractivity contribution in [3.63, 3.8) is 0 Å². The van der Waals surface area contributed by atoms with Gasteiger partial charge in [-0.25, -0.2) is 4.98 Å². The van der Waals surface area contributed by atoms with Crippen molar-refractivity contribution in [2.24, 2.45) is 0 Å². The Bertz CT molecular complexity index is 1040. The largest absolute Gasteiger partial charge is 0.433 e. The van der Waals surface area contributed by atoms with Crippen LogP contribution in [0.4, 0.5) is 13.2 Å². The summed E-state index contributed by atoms with van der Waals surface area (Å²) in [5.74, 6) is 5.90. The van der Waals surface area contributed by atoms with Crippen LogP contribution in [0.5, 0.6) is 0 Å². The highest BCUT2D eigenvalue weighted by Crippen LogP contribution is 2.31. The zero-order valence-electron chi connectivity index (χ0n) is 15.7. The van der Waals surface area contributed by atoms with Gasteiger partial charge in [-0.15, -0.1) is 0 Å². The van der Waals surface area contributed by atoms with Crippen molar-refractivity contribution in [1.82, 2.24) is 4.98 Å². The molecule has 0 saturated carbocycles. The summed E-state index contributed by atoms with van der Waals surface area (Å²) in [7, 11) is 0. The number of para-hydroxylation sites is 1. The van der Waals surface area contributed by atoms with E-state index in [2.05, 4.69) is 37.6 Å². The summed E-state index contributed by atoms with van der Waals surface area (Å²) in [6.07, 6.45) is -4.51. The van der Waals surface area contributed by atoms with E-state index in [-0.39, 0.29) is 5.41 Å². The zero-order chi connectivity index (χ0) is 19.8. The molecule has 0 unspecified atom stereocenters. The third kappa shape index (κ3) is 4.14. The molecule has 1 aromatic heterocycles. The molecule has 0 saturated heterocycles. The number of alkyl halides is 3. The van der Waals surface area contributed by atoms with Crippen molar-refractivity contribution in [2.75, 3.05) is 0 Å². The second-order valence-electron chi connectivity index (χ2n) is 7.60. The summed E-state index contributed by atoms with van der Waals surface area (Å²) >= 11 is 0. The van der Waals surface area contributed by atoms with Gasteiger partial charge in [0, 0.05) is 16.5 Å². The average molecular weight is 367 g/mol. The number of hydrogen-bond donors (Lipinski definition) is 0. The minimum absolute atomic E-state index is 0.0341. The molecule has 0 radical (unpaired) electrons. The Morgan fingerprint density at radius 2 is 1.56 bits per heavy atom. The summed E-state index contributed by atoms with van der Waals surface area (Å²) in [6, 6.07) is 14.1. The maximum atomic E-state index is 13.2. The first-order chi connectivity index (χ1) is 12.6. The van der Waals surface area contributed by atoms with Crippen molar-refractivity contribution in [3.05, 3.63) is 76.5 Å². The fourth-order valence-corrected chi connectivity index (χ4v) is 2.83. The minimum atomic E-state index is -4.51. The van der Waals surface area contributed by atoms with E-state index in [4.69, 9.17) is 0 Å². The van der Waals surface area contributed by atoms with Crippen LogP contribution >= 0.6 is 0 Å². The molecule has 0 spiro atoms. The van der Waals surface area contributed by atoms with Crippen molar-refractivity contribution >= 4 is 10.9 Å². The van der Waals surface area contributed by atoms with Gasteiger partial charge in [0.25, 0.3) is 0 Å². The van der Waals surface area contributed by atoms with Gasteiger partial charge >= 0.3 is 6.18 Å². The summed E-state index contributed by atoms with van der Waals surface area (Å²) < 4.78 is 39.7. The number of halogens is 3. The Morgan fingerprint density at radius 3 is 2.15 bits per heavy atom. The van der Waals surface area contributed by atoms with Crippen LogP contribution in [-0.2, 0) is 11.6 Å². The third-order valence-electron chi connectivity index (χ3n) is 4.42. The van der Waals surface area contributed by atoms with Gasteiger partial charge in [0.2, 0.25) is 0 Å². The summed E-state index contributed by atoms with van der Waals surface area (Å²) in [5.41, 5.74) is 2.40. The van der Waals surface area contributed by atoms with Gasteiger partial charge < -0.3 is 0 Å². The maximum absolute atomic E-state index is 13.2. The second kappa shape index (κ2) is 6.74. The van der Waals surface area contributed by atoms with Crippen LogP contribution < -0.4 is 0 Å². The van der Waals surface area contributed by atoms with E-state index in [0.717, 1.165) is 11.6 Å². The van der Waals surface area contributed by atoms with Gasteiger partial charge in [0.15, 0.2) is 0 Å². The number of nitrogens with zero attached hydrogens (tertiary/aromatic N) is 1. The van der Waals surface area contributed by atoms with Crippen LogP contribution in [0.25, 0.3) is 10.9 Å². The number of rotatable bonds is 0. The standard InChI is InChI=1S/C23H20F3N/c1-15-6-5-7-19-17(14-20(23(24,25)26)27-21(15)19)11-8-16-9-12-18(13-10-16)22(2,3)4/h5-7,9-10,12-14H,1-4H3. The molecular formula is C23H20F3N. The Labute approximate surface area is 157 Å². The molecule has 0 bridgehead atoms. The smallest absolute Gasteiger partial charge is 0.243 e. The van der Waals surface area contributed by atoms with Gasteiger partial charge in [-0.1, -0.05) is 62.9 Å². The van der Waals surface area contributed by atoms with Gasteiger partial charge in [0.05, 0.1) is 5.52 Å². The van der Waals surface area contributed by atoms with Gasteiger partial charge in [0.1, 0.15) is 5.69 Å². The number of hydrogen-bond acceptors (Lipinski definition) is 1. The van der Waals surface area contributed by atoms with Crippen LogP contribution in [0, 0.1) is 18.8 Å². The van der Waals surface area contributed by atoms with E-state index in [1.807, 2.05) is 24.3 Å². The summed E-state index contributed by atoms with van der Waals surface area (Å²) in [4.78, 5) is 3.81. The topological polar surface area (TPSA) is 12.9 Å². The zero-order valence-corrected chi connectivity index (χ0v) is 15.7. The lowest BCUT2D eigenvalue weighted by molar-refractivity contribution is -0.141. The molecular weight excluding hydrogens is 347 g/mol. The molecule has 1 nitrogen and oxygen atoms in total. The van der Waals surface area contributed by atoms with E-state index >= 15 is 0 Å². The molecule has 138 valence electrons. The minimum Gasteiger partial charge on any atom is -0.243 e. The number of pyridine rings is 1. The Kier molecular flexibility index (Phi) is 4.73. The average Bonchev–Trinajstić information content (AvgIpc) is 2.59. The second-order valence-corrected chi connectivity index (χ2v) is 7.60. The predicted octanol–water partition coefficient (Wildman–Crippen LogP) is 6.26. The number of benzene rings is 2. The highest BCUT2D eigenvalue weighted by Gasteiger charge is 2.33. The molecule has 27 heavy (non-hydrogen) atoms. The monoisotopic (exact) mass is 367 g/mol. The number of aryl methyl sites for hydroxylation is 1. The van der Waals surface area contributed by atoms with Crippen LogP contribution in [0.3, 0.4) is 0 Å². The van der Waals surface area contributed by atoms with Gasteiger partial charge in [-0.05, 0) is 41.7 Å². The van der Waals surface area contributed by atoms with E-state index in [1.54, 1.807) is 25.1 Å². The van der Waals surface area contributed by atoms with E-state index in [0.29, 0.717) is 22.0 Å².